The molecule has 0 radical (unpaired) electrons. The number of fused-ring (bicyclic) bond motifs is 2. The maximum absolute atomic E-state index is 10.2. The third-order valence-electron chi connectivity index (χ3n) is 3.21. The van der Waals surface area contributed by atoms with E-state index in [9.17, 15) is 5.11 Å². The lowest BCUT2D eigenvalue weighted by molar-refractivity contribution is 0.105. The van der Waals surface area contributed by atoms with Gasteiger partial charge in [0.2, 0.25) is 6.79 Å². The number of ether oxygens (including phenoxy) is 2. The van der Waals surface area contributed by atoms with Gasteiger partial charge in [-0.25, -0.2) is 0 Å². The minimum absolute atomic E-state index is 0.276. The van der Waals surface area contributed by atoms with Crippen LogP contribution in [0.2, 0.25) is 0 Å². The van der Waals surface area contributed by atoms with Crippen molar-refractivity contribution in [3.8, 4) is 11.5 Å². The van der Waals surface area contributed by atoms with E-state index in [0.717, 1.165) is 34.1 Å². The van der Waals surface area contributed by atoms with Gasteiger partial charge in [0, 0.05) is 18.7 Å². The molecule has 4 nitrogen and oxygen atoms in total. The van der Waals surface area contributed by atoms with E-state index in [0.29, 0.717) is 6.54 Å². The standard InChI is InChI=1S/C12H15NO3S/c1-13-4-7-3-9-11(16-6-15-9)12(17-2)10(7)8(14)5-13/h3,8,14H,4-6H2,1-2H3. The molecule has 0 aliphatic carbocycles. The van der Waals surface area contributed by atoms with Gasteiger partial charge in [-0.1, -0.05) is 0 Å². The molecule has 1 unspecified atom stereocenters. The average Bonchev–Trinajstić information content (AvgIpc) is 2.73. The predicted octanol–water partition coefficient (Wildman–Crippen LogP) is 1.62. The fourth-order valence-corrected chi connectivity index (χ4v) is 3.35. The van der Waals surface area contributed by atoms with Crippen LogP contribution in [0.15, 0.2) is 11.0 Å². The number of hydrogen-bond donors (Lipinski definition) is 1. The monoisotopic (exact) mass is 253 g/mol. The third kappa shape index (κ3) is 1.69. The minimum atomic E-state index is -0.444. The second kappa shape index (κ2) is 4.08. The summed E-state index contributed by atoms with van der Waals surface area (Å²) < 4.78 is 10.9. The highest BCUT2D eigenvalue weighted by molar-refractivity contribution is 7.98. The van der Waals surface area contributed by atoms with Crippen LogP contribution in [-0.2, 0) is 6.54 Å². The van der Waals surface area contributed by atoms with Gasteiger partial charge < -0.3 is 14.6 Å². The number of nitrogens with zero attached hydrogens (tertiary/aromatic N) is 1. The second-order valence-electron chi connectivity index (χ2n) is 4.43. The Labute approximate surface area is 105 Å². The van der Waals surface area contributed by atoms with Gasteiger partial charge in [0.25, 0.3) is 0 Å². The Bertz CT molecular complexity index is 464. The number of aliphatic hydroxyl groups is 1. The molecule has 0 saturated heterocycles. The summed E-state index contributed by atoms with van der Waals surface area (Å²) in [5.41, 5.74) is 2.15. The first kappa shape index (κ1) is 11.2. The summed E-state index contributed by atoms with van der Waals surface area (Å²) in [5.74, 6) is 1.59. The van der Waals surface area contributed by atoms with Crippen molar-refractivity contribution in [3.05, 3.63) is 17.2 Å². The van der Waals surface area contributed by atoms with E-state index in [4.69, 9.17) is 9.47 Å². The van der Waals surface area contributed by atoms with Crippen molar-refractivity contribution in [3.63, 3.8) is 0 Å². The highest BCUT2D eigenvalue weighted by atomic mass is 32.2. The minimum Gasteiger partial charge on any atom is -0.454 e. The predicted molar refractivity (Wildman–Crippen MR) is 65.6 cm³/mol. The topological polar surface area (TPSA) is 41.9 Å². The summed E-state index contributed by atoms with van der Waals surface area (Å²) in [5, 5.41) is 10.2. The fraction of sp³-hybridized carbons (Fsp3) is 0.500. The Morgan fingerprint density at radius 2 is 2.29 bits per heavy atom. The lowest BCUT2D eigenvalue weighted by Crippen LogP contribution is -2.30. The van der Waals surface area contributed by atoms with Crippen LogP contribution in [0, 0.1) is 0 Å². The SMILES string of the molecule is CSc1c2c(cc3c1C(O)CN(C)C3)OCO2. The first-order chi connectivity index (χ1) is 8.20. The molecule has 0 fully saturated rings. The number of β-amino-alcohol motifs (C(OH)–C–C–N with tert-alkyl or cyclic N) is 1. The smallest absolute Gasteiger partial charge is 0.231 e. The van der Waals surface area contributed by atoms with E-state index in [2.05, 4.69) is 4.90 Å². The van der Waals surface area contributed by atoms with Crippen LogP contribution < -0.4 is 9.47 Å². The van der Waals surface area contributed by atoms with Gasteiger partial charge in [0.1, 0.15) is 0 Å². The Morgan fingerprint density at radius 1 is 1.47 bits per heavy atom. The van der Waals surface area contributed by atoms with Crippen molar-refractivity contribution in [1.82, 2.24) is 4.90 Å². The third-order valence-corrected chi connectivity index (χ3v) is 4.02. The lowest BCUT2D eigenvalue weighted by Gasteiger charge is -2.31. The molecule has 2 aliphatic heterocycles. The van der Waals surface area contributed by atoms with E-state index >= 15 is 0 Å². The van der Waals surface area contributed by atoms with Gasteiger partial charge in [0.15, 0.2) is 11.5 Å². The molecule has 0 saturated carbocycles. The van der Waals surface area contributed by atoms with Crippen molar-refractivity contribution in [2.75, 3.05) is 26.6 Å². The Morgan fingerprint density at radius 3 is 3.06 bits per heavy atom. The summed E-state index contributed by atoms with van der Waals surface area (Å²) in [6.45, 7) is 1.79. The normalized spacial score (nSPS) is 22.6. The van der Waals surface area contributed by atoms with E-state index in [1.54, 1.807) is 11.8 Å². The molecular formula is C12H15NO3S. The average molecular weight is 253 g/mol. The molecule has 2 heterocycles. The first-order valence-corrected chi connectivity index (χ1v) is 6.79. The molecule has 1 atom stereocenters. The van der Waals surface area contributed by atoms with Crippen molar-refractivity contribution < 1.29 is 14.6 Å². The highest BCUT2D eigenvalue weighted by Crippen LogP contribution is 2.47. The van der Waals surface area contributed by atoms with Gasteiger partial charge in [-0.15, -0.1) is 11.8 Å². The molecule has 0 amide bonds. The molecule has 3 rings (SSSR count). The molecular weight excluding hydrogens is 238 g/mol. The van der Waals surface area contributed by atoms with Gasteiger partial charge in [-0.2, -0.15) is 0 Å². The Balaban J connectivity index is 2.19. The summed E-state index contributed by atoms with van der Waals surface area (Å²) in [7, 11) is 2.01. The van der Waals surface area contributed by atoms with Crippen LogP contribution in [-0.4, -0.2) is 36.6 Å². The molecule has 0 bridgehead atoms. The van der Waals surface area contributed by atoms with Crippen LogP contribution in [0.1, 0.15) is 17.2 Å². The summed E-state index contributed by atoms with van der Waals surface area (Å²) in [6, 6.07) is 2.00. The van der Waals surface area contributed by atoms with E-state index in [-0.39, 0.29) is 6.79 Å². The molecule has 0 aromatic heterocycles. The van der Waals surface area contributed by atoms with Crippen molar-refractivity contribution in [2.24, 2.45) is 0 Å². The first-order valence-electron chi connectivity index (χ1n) is 5.56. The molecule has 92 valence electrons. The van der Waals surface area contributed by atoms with Gasteiger partial charge in [0.05, 0.1) is 11.0 Å². The van der Waals surface area contributed by atoms with Crippen LogP contribution >= 0.6 is 11.8 Å². The number of hydrogen-bond acceptors (Lipinski definition) is 5. The zero-order chi connectivity index (χ0) is 12.0. The number of rotatable bonds is 1. The number of likely N-dealkylation sites (N-methyl/N-ethyl adjacent to an activating group) is 1. The molecule has 17 heavy (non-hydrogen) atoms. The highest BCUT2D eigenvalue weighted by Gasteiger charge is 2.30. The summed E-state index contributed by atoms with van der Waals surface area (Å²) in [6.07, 6.45) is 1.56. The summed E-state index contributed by atoms with van der Waals surface area (Å²) >= 11 is 1.61. The van der Waals surface area contributed by atoms with Crippen LogP contribution in [0.25, 0.3) is 0 Å². The maximum atomic E-state index is 10.2. The Kier molecular flexibility index (Phi) is 2.69. The quantitative estimate of drug-likeness (QED) is 0.770. The maximum Gasteiger partial charge on any atom is 0.231 e. The van der Waals surface area contributed by atoms with Gasteiger partial charge >= 0.3 is 0 Å². The van der Waals surface area contributed by atoms with Crippen LogP contribution in [0.5, 0.6) is 11.5 Å². The van der Waals surface area contributed by atoms with Gasteiger partial charge in [-0.3, -0.25) is 4.90 Å². The fourth-order valence-electron chi connectivity index (χ4n) is 2.52. The van der Waals surface area contributed by atoms with E-state index in [1.807, 2.05) is 19.4 Å². The number of benzene rings is 1. The van der Waals surface area contributed by atoms with E-state index < -0.39 is 6.10 Å². The van der Waals surface area contributed by atoms with Gasteiger partial charge in [-0.05, 0) is 24.9 Å². The Hall–Kier alpha value is -0.910. The molecule has 1 aromatic carbocycles. The molecule has 1 aromatic rings. The molecule has 2 aliphatic rings. The largest absolute Gasteiger partial charge is 0.454 e. The summed E-state index contributed by atoms with van der Waals surface area (Å²) in [4.78, 5) is 3.13. The van der Waals surface area contributed by atoms with Crippen LogP contribution in [0.4, 0.5) is 0 Å². The van der Waals surface area contributed by atoms with E-state index in [1.165, 1.54) is 0 Å². The lowest BCUT2D eigenvalue weighted by atomic mass is 9.96. The van der Waals surface area contributed by atoms with Crippen molar-refractivity contribution in [1.29, 1.82) is 0 Å². The number of aliphatic hydroxyl groups excluding tert-OH is 1. The molecule has 5 heteroatoms. The van der Waals surface area contributed by atoms with Crippen LogP contribution in [0.3, 0.4) is 0 Å². The molecule has 1 N–H and O–H groups in total. The zero-order valence-corrected chi connectivity index (χ0v) is 10.7. The van der Waals surface area contributed by atoms with Crippen molar-refractivity contribution in [2.45, 2.75) is 17.5 Å². The molecule has 0 spiro atoms. The number of thioether (sulfide) groups is 1. The second-order valence-corrected chi connectivity index (χ2v) is 5.25. The zero-order valence-electron chi connectivity index (χ0n) is 9.90. The van der Waals surface area contributed by atoms with Crippen molar-refractivity contribution >= 4 is 11.8 Å².